The van der Waals surface area contributed by atoms with E-state index in [9.17, 15) is 13.5 Å². The van der Waals surface area contributed by atoms with Crippen molar-refractivity contribution in [2.45, 2.75) is 24.9 Å². The van der Waals surface area contributed by atoms with Crippen molar-refractivity contribution in [3.8, 4) is 0 Å². The maximum atomic E-state index is 11.2. The average molecular weight is 361 g/mol. The summed E-state index contributed by atoms with van der Waals surface area (Å²) in [7, 11) is -2.96. The molecule has 0 fully saturated rings. The lowest BCUT2D eigenvalue weighted by molar-refractivity contribution is 0.266. The van der Waals surface area contributed by atoms with E-state index < -0.39 is 9.84 Å². The van der Waals surface area contributed by atoms with Crippen LogP contribution in [0.1, 0.15) is 17.8 Å². The van der Waals surface area contributed by atoms with E-state index in [1.54, 1.807) is 0 Å². The third kappa shape index (κ3) is 3.59. The molecule has 0 atom stereocenters. The summed E-state index contributed by atoms with van der Waals surface area (Å²) in [4.78, 5) is 4.40. The van der Waals surface area contributed by atoms with Gasteiger partial charge in [-0.25, -0.2) is 13.4 Å². The van der Waals surface area contributed by atoms with Gasteiger partial charge in [0.1, 0.15) is 22.3 Å². The van der Waals surface area contributed by atoms with Gasteiger partial charge in [0.05, 0.1) is 16.8 Å². The molecular weight excluding hydrogens is 344 g/mol. The van der Waals surface area contributed by atoms with Gasteiger partial charge in [-0.2, -0.15) is 0 Å². The van der Waals surface area contributed by atoms with Gasteiger partial charge in [-0.1, -0.05) is 22.0 Å². The number of hydrogen-bond donors (Lipinski definition) is 1. The van der Waals surface area contributed by atoms with Gasteiger partial charge in [0.15, 0.2) is 0 Å². The summed E-state index contributed by atoms with van der Waals surface area (Å²) in [6.45, 7) is 0.379. The molecule has 1 aromatic carbocycles. The minimum absolute atomic E-state index is 0.136. The predicted molar refractivity (Wildman–Crippen MR) is 82.6 cm³/mol. The van der Waals surface area contributed by atoms with Crippen molar-refractivity contribution in [3.05, 3.63) is 29.6 Å². The zero-order valence-corrected chi connectivity index (χ0v) is 13.6. The van der Waals surface area contributed by atoms with Crippen molar-refractivity contribution in [2.24, 2.45) is 0 Å². The van der Waals surface area contributed by atoms with Gasteiger partial charge in [-0.05, 0) is 24.1 Å². The van der Waals surface area contributed by atoms with Crippen molar-refractivity contribution < 1.29 is 13.5 Å². The van der Waals surface area contributed by atoms with Crippen LogP contribution in [0.4, 0.5) is 0 Å². The van der Waals surface area contributed by atoms with Crippen molar-refractivity contribution in [3.63, 3.8) is 0 Å². The number of alkyl halides is 1. The highest BCUT2D eigenvalue weighted by molar-refractivity contribution is 9.08. The number of fused-ring (bicyclic) bond motifs is 1. The number of nitrogens with zero attached hydrogens (tertiary/aromatic N) is 2. The van der Waals surface area contributed by atoms with E-state index in [2.05, 4.69) is 20.9 Å². The summed E-state index contributed by atoms with van der Waals surface area (Å²) in [5.74, 6) is 0.706. The number of aliphatic hydroxyl groups is 1. The number of sulfone groups is 1. The van der Waals surface area contributed by atoms with E-state index in [1.165, 1.54) is 6.26 Å². The van der Waals surface area contributed by atoms with Gasteiger partial charge >= 0.3 is 0 Å². The lowest BCUT2D eigenvalue weighted by Gasteiger charge is -2.07. The molecular formula is C13H17BrN2O3S. The molecule has 7 heteroatoms. The molecule has 0 saturated heterocycles. The topological polar surface area (TPSA) is 72.2 Å². The molecule has 2 rings (SSSR count). The van der Waals surface area contributed by atoms with Gasteiger partial charge < -0.3 is 9.67 Å². The molecule has 2 aromatic rings. The molecule has 0 amide bonds. The monoisotopic (exact) mass is 360 g/mol. The van der Waals surface area contributed by atoms with Gasteiger partial charge in [-0.3, -0.25) is 0 Å². The SMILES string of the molecule is CS(=O)(=O)CCCn1c(CO)nc2cc(CBr)ccc21. The number of imidazole rings is 1. The van der Waals surface area contributed by atoms with Crippen LogP contribution in [0.25, 0.3) is 11.0 Å². The van der Waals surface area contributed by atoms with Crippen molar-refractivity contribution >= 4 is 36.8 Å². The predicted octanol–water partition coefficient (Wildman–Crippen LogP) is 1.86. The first kappa shape index (κ1) is 15.5. The highest BCUT2D eigenvalue weighted by Gasteiger charge is 2.11. The van der Waals surface area contributed by atoms with Gasteiger partial charge in [0.2, 0.25) is 0 Å². The minimum Gasteiger partial charge on any atom is -0.388 e. The van der Waals surface area contributed by atoms with Crippen molar-refractivity contribution in [1.82, 2.24) is 9.55 Å². The fourth-order valence-electron chi connectivity index (χ4n) is 2.16. The molecule has 0 unspecified atom stereocenters. The van der Waals surface area contributed by atoms with Crippen LogP contribution in [0.15, 0.2) is 18.2 Å². The number of hydrogen-bond acceptors (Lipinski definition) is 4. The third-order valence-electron chi connectivity index (χ3n) is 3.08. The first-order valence-electron chi connectivity index (χ1n) is 6.27. The lowest BCUT2D eigenvalue weighted by Crippen LogP contribution is -2.09. The van der Waals surface area contributed by atoms with Crippen LogP contribution in [0.2, 0.25) is 0 Å². The summed E-state index contributed by atoms with van der Waals surface area (Å²) in [5.41, 5.74) is 2.86. The van der Waals surface area contributed by atoms with Crippen LogP contribution in [0.5, 0.6) is 0 Å². The summed E-state index contributed by atoms with van der Waals surface area (Å²) in [6.07, 6.45) is 1.74. The minimum atomic E-state index is -2.96. The van der Waals surface area contributed by atoms with Crippen LogP contribution < -0.4 is 0 Å². The molecule has 1 heterocycles. The molecule has 0 saturated carbocycles. The van der Waals surface area contributed by atoms with E-state index in [1.807, 2.05) is 22.8 Å². The number of aryl methyl sites for hydroxylation is 1. The second kappa shape index (κ2) is 6.24. The molecule has 1 N–H and O–H groups in total. The molecule has 0 aliphatic rings. The Morgan fingerprint density at radius 1 is 1.40 bits per heavy atom. The van der Waals surface area contributed by atoms with Gasteiger partial charge in [0.25, 0.3) is 0 Å². The molecule has 0 bridgehead atoms. The van der Waals surface area contributed by atoms with Crippen LogP contribution in [0, 0.1) is 0 Å². The molecule has 1 aromatic heterocycles. The van der Waals surface area contributed by atoms with Crippen molar-refractivity contribution in [1.29, 1.82) is 0 Å². The van der Waals surface area contributed by atoms with E-state index in [0.717, 1.165) is 21.9 Å². The Morgan fingerprint density at radius 3 is 2.75 bits per heavy atom. The second-order valence-electron chi connectivity index (χ2n) is 4.78. The molecule has 0 spiro atoms. The van der Waals surface area contributed by atoms with Crippen molar-refractivity contribution in [2.75, 3.05) is 12.0 Å². The quantitative estimate of drug-likeness (QED) is 0.798. The van der Waals surface area contributed by atoms with E-state index in [-0.39, 0.29) is 12.4 Å². The second-order valence-corrected chi connectivity index (χ2v) is 7.60. The average Bonchev–Trinajstić information content (AvgIpc) is 2.74. The fraction of sp³-hybridized carbons (Fsp3) is 0.462. The standard InChI is InChI=1S/C13H17BrN2O3S/c1-20(18,19)6-2-5-16-12-4-3-10(8-14)7-11(12)15-13(16)9-17/h3-4,7,17H,2,5-6,8-9H2,1H3. The third-order valence-corrected chi connectivity index (χ3v) is 4.76. The maximum Gasteiger partial charge on any atom is 0.147 e. The van der Waals surface area contributed by atoms with E-state index >= 15 is 0 Å². The van der Waals surface area contributed by atoms with Crippen LogP contribution in [-0.4, -0.2) is 35.1 Å². The summed E-state index contributed by atoms with van der Waals surface area (Å²) in [6, 6.07) is 5.92. The number of aromatic nitrogens is 2. The number of halogens is 1. The highest BCUT2D eigenvalue weighted by atomic mass is 79.9. The Hall–Kier alpha value is -0.920. The molecule has 5 nitrogen and oxygen atoms in total. The van der Waals surface area contributed by atoms with Crippen LogP contribution in [0.3, 0.4) is 0 Å². The van der Waals surface area contributed by atoms with Gasteiger partial charge in [-0.15, -0.1) is 0 Å². The highest BCUT2D eigenvalue weighted by Crippen LogP contribution is 2.20. The Labute approximate surface area is 126 Å². The Kier molecular flexibility index (Phi) is 4.82. The molecule has 110 valence electrons. The summed E-state index contributed by atoms with van der Waals surface area (Å²) >= 11 is 3.40. The number of rotatable bonds is 6. The summed E-state index contributed by atoms with van der Waals surface area (Å²) in [5, 5.41) is 10.1. The Morgan fingerprint density at radius 2 is 2.15 bits per heavy atom. The molecule has 20 heavy (non-hydrogen) atoms. The fourth-order valence-corrected chi connectivity index (χ4v) is 3.17. The largest absolute Gasteiger partial charge is 0.388 e. The van der Waals surface area contributed by atoms with Crippen LogP contribution in [-0.2, 0) is 28.3 Å². The number of aliphatic hydroxyl groups excluding tert-OH is 1. The normalized spacial score (nSPS) is 12.2. The number of benzene rings is 1. The maximum absolute atomic E-state index is 11.2. The first-order chi connectivity index (χ1) is 9.44. The molecule has 0 aliphatic heterocycles. The lowest BCUT2D eigenvalue weighted by atomic mass is 10.2. The molecule has 0 aliphatic carbocycles. The smallest absolute Gasteiger partial charge is 0.147 e. The zero-order valence-electron chi connectivity index (χ0n) is 11.2. The summed E-state index contributed by atoms with van der Waals surface area (Å²) < 4.78 is 24.3. The Bertz CT molecular complexity index is 710. The van der Waals surface area contributed by atoms with Gasteiger partial charge in [0, 0.05) is 18.1 Å². The zero-order chi connectivity index (χ0) is 14.8. The molecule has 0 radical (unpaired) electrons. The van der Waals surface area contributed by atoms with E-state index in [0.29, 0.717) is 18.8 Å². The van der Waals surface area contributed by atoms with Crippen LogP contribution >= 0.6 is 15.9 Å². The first-order valence-corrected chi connectivity index (χ1v) is 9.45. The van der Waals surface area contributed by atoms with E-state index in [4.69, 9.17) is 0 Å². The Balaban J connectivity index is 2.31.